The lowest BCUT2D eigenvalue weighted by molar-refractivity contribution is -0.0499. The van der Waals surface area contributed by atoms with Gasteiger partial charge in [-0.3, -0.25) is 14.5 Å². The van der Waals surface area contributed by atoms with Crippen LogP contribution < -0.4 is 19.7 Å². The maximum Gasteiger partial charge on any atom is 0.387 e. The second kappa shape index (κ2) is 9.99. The molecular formula is C22H19ClF4N4O4S2. The molecule has 0 aliphatic carbocycles. The highest BCUT2D eigenvalue weighted by Gasteiger charge is 2.44. The molecule has 3 aromatic rings. The number of halogens is 5. The maximum atomic E-state index is 13.2. The van der Waals surface area contributed by atoms with E-state index < -0.39 is 41.6 Å². The third kappa shape index (κ3) is 6.62. The summed E-state index contributed by atoms with van der Waals surface area (Å²) in [6.45, 7) is -2.65. The molecule has 1 saturated heterocycles. The van der Waals surface area contributed by atoms with E-state index in [1.807, 2.05) is 0 Å². The summed E-state index contributed by atoms with van der Waals surface area (Å²) in [6.07, 6.45) is 2.25. The minimum Gasteiger partial charge on any atom is -0.432 e. The minimum atomic E-state index is -3.58. The predicted molar refractivity (Wildman–Crippen MR) is 134 cm³/mol. The second-order valence-corrected chi connectivity index (χ2v) is 11.7. The molecule has 3 heterocycles. The standard InChI is InChI=1S/C22H19ClF4N4O4S2/c1-11-16(19-17(35-21(24)25)6-15(8-28-19)31-9-22(26,27)10-31)7-18(36-11)20(32)29-13-3-12(23)4-14(5-13)30-37(2,33)34/h3-8,21,30H,9-10H2,1-2H3,(H,29,32). The molecule has 1 aliphatic rings. The van der Waals surface area contributed by atoms with Gasteiger partial charge < -0.3 is 15.0 Å². The van der Waals surface area contributed by atoms with E-state index in [1.165, 1.54) is 41.4 Å². The minimum absolute atomic E-state index is 0.0199. The van der Waals surface area contributed by atoms with Gasteiger partial charge in [0.1, 0.15) is 5.69 Å². The van der Waals surface area contributed by atoms with Crippen molar-refractivity contribution < 1.29 is 35.5 Å². The Morgan fingerprint density at radius 2 is 1.86 bits per heavy atom. The molecule has 0 spiro atoms. The number of benzene rings is 1. The van der Waals surface area contributed by atoms with Gasteiger partial charge in [-0.1, -0.05) is 11.6 Å². The van der Waals surface area contributed by atoms with Crippen LogP contribution in [0.15, 0.2) is 36.5 Å². The Morgan fingerprint density at radius 1 is 1.19 bits per heavy atom. The quantitative estimate of drug-likeness (QED) is 0.345. The van der Waals surface area contributed by atoms with Crippen LogP contribution in [-0.4, -0.2) is 51.2 Å². The summed E-state index contributed by atoms with van der Waals surface area (Å²) >= 11 is 7.09. The van der Waals surface area contributed by atoms with Crippen molar-refractivity contribution in [3.8, 4) is 17.0 Å². The number of hydrogen-bond donors (Lipinski definition) is 2. The van der Waals surface area contributed by atoms with Crippen molar-refractivity contribution in [2.24, 2.45) is 0 Å². The summed E-state index contributed by atoms with van der Waals surface area (Å²) in [5.41, 5.74) is 0.928. The lowest BCUT2D eigenvalue weighted by Crippen LogP contribution is -2.56. The highest BCUT2D eigenvalue weighted by Crippen LogP contribution is 2.40. The summed E-state index contributed by atoms with van der Waals surface area (Å²) in [7, 11) is -3.58. The zero-order valence-corrected chi connectivity index (χ0v) is 21.6. The molecule has 0 radical (unpaired) electrons. The molecule has 198 valence electrons. The van der Waals surface area contributed by atoms with Crippen LogP contribution in [0.25, 0.3) is 11.3 Å². The smallest absolute Gasteiger partial charge is 0.387 e. The highest BCUT2D eigenvalue weighted by molar-refractivity contribution is 7.92. The van der Waals surface area contributed by atoms with Crippen LogP contribution in [0.4, 0.5) is 34.6 Å². The van der Waals surface area contributed by atoms with Gasteiger partial charge in [-0.05, 0) is 31.2 Å². The topological polar surface area (TPSA) is 101 Å². The molecule has 4 rings (SSSR count). The van der Waals surface area contributed by atoms with Crippen molar-refractivity contribution in [1.82, 2.24) is 4.98 Å². The first-order valence-electron chi connectivity index (χ1n) is 10.5. The monoisotopic (exact) mass is 578 g/mol. The fraction of sp³-hybridized carbons (Fsp3) is 0.273. The van der Waals surface area contributed by atoms with Gasteiger partial charge in [-0.25, -0.2) is 17.2 Å². The molecule has 0 unspecified atom stereocenters. The van der Waals surface area contributed by atoms with Crippen LogP contribution in [0.2, 0.25) is 5.02 Å². The number of carbonyl (C=O) groups is 1. The predicted octanol–water partition coefficient (Wildman–Crippen LogP) is 5.45. The fourth-order valence-electron chi connectivity index (χ4n) is 3.65. The Kier molecular flexibility index (Phi) is 7.27. The number of pyridine rings is 1. The van der Waals surface area contributed by atoms with Crippen LogP contribution in [0.3, 0.4) is 0 Å². The zero-order valence-electron chi connectivity index (χ0n) is 19.2. The van der Waals surface area contributed by atoms with Crippen molar-refractivity contribution in [1.29, 1.82) is 0 Å². The van der Waals surface area contributed by atoms with Gasteiger partial charge >= 0.3 is 6.61 Å². The van der Waals surface area contributed by atoms with E-state index in [-0.39, 0.29) is 38.4 Å². The Bertz CT molecular complexity index is 1460. The third-order valence-corrected chi connectivity index (χ3v) is 6.99. The molecule has 1 fully saturated rings. The first-order valence-corrected chi connectivity index (χ1v) is 13.6. The van der Waals surface area contributed by atoms with Crippen molar-refractivity contribution in [3.05, 3.63) is 51.3 Å². The Balaban J connectivity index is 1.60. The van der Waals surface area contributed by atoms with Crippen LogP contribution in [0, 0.1) is 6.92 Å². The SMILES string of the molecule is Cc1sc(C(=O)Nc2cc(Cl)cc(NS(C)(=O)=O)c2)cc1-c1ncc(N2CC(F)(F)C2)cc1OC(F)F. The molecule has 2 aromatic heterocycles. The fourth-order valence-corrected chi connectivity index (χ4v) is 5.34. The number of nitrogens with zero attached hydrogens (tertiary/aromatic N) is 2. The number of ether oxygens (including phenoxy) is 1. The van der Waals surface area contributed by atoms with E-state index >= 15 is 0 Å². The van der Waals surface area contributed by atoms with Gasteiger partial charge in [0.15, 0.2) is 5.75 Å². The summed E-state index contributed by atoms with van der Waals surface area (Å²) in [4.78, 5) is 19.1. The number of anilines is 3. The van der Waals surface area contributed by atoms with Crippen molar-refractivity contribution >= 4 is 55.9 Å². The van der Waals surface area contributed by atoms with E-state index in [4.69, 9.17) is 11.6 Å². The van der Waals surface area contributed by atoms with Gasteiger partial charge in [-0.15, -0.1) is 11.3 Å². The number of aryl methyl sites for hydroxylation is 1. The number of sulfonamides is 1. The van der Waals surface area contributed by atoms with E-state index in [9.17, 15) is 30.8 Å². The number of carbonyl (C=O) groups excluding carboxylic acids is 1. The molecule has 0 bridgehead atoms. The average molecular weight is 579 g/mol. The van der Waals surface area contributed by atoms with Gasteiger partial charge in [0.25, 0.3) is 11.8 Å². The molecule has 0 saturated carbocycles. The molecule has 37 heavy (non-hydrogen) atoms. The number of alkyl halides is 4. The molecule has 1 aromatic carbocycles. The summed E-state index contributed by atoms with van der Waals surface area (Å²) in [5, 5.41) is 2.79. The molecule has 0 atom stereocenters. The summed E-state index contributed by atoms with van der Waals surface area (Å²) in [5.74, 6) is -3.75. The molecule has 2 N–H and O–H groups in total. The van der Waals surface area contributed by atoms with Gasteiger partial charge in [-0.2, -0.15) is 8.78 Å². The van der Waals surface area contributed by atoms with Crippen LogP contribution in [0.1, 0.15) is 14.5 Å². The zero-order chi connectivity index (χ0) is 27.1. The average Bonchev–Trinajstić information content (AvgIpc) is 3.11. The number of amides is 1. The summed E-state index contributed by atoms with van der Waals surface area (Å²) in [6, 6.07) is 6.81. The van der Waals surface area contributed by atoms with Gasteiger partial charge in [0.05, 0.1) is 41.8 Å². The van der Waals surface area contributed by atoms with Crippen molar-refractivity contribution in [2.75, 3.05) is 34.3 Å². The Labute approximate surface area is 218 Å². The number of hydrogen-bond acceptors (Lipinski definition) is 7. The normalized spacial score (nSPS) is 14.9. The van der Waals surface area contributed by atoms with E-state index in [1.54, 1.807) is 6.92 Å². The van der Waals surface area contributed by atoms with Crippen LogP contribution >= 0.6 is 22.9 Å². The number of aromatic nitrogens is 1. The number of rotatable bonds is 8. The number of thiophene rings is 1. The lowest BCUT2D eigenvalue weighted by Gasteiger charge is -2.40. The molecule has 15 heteroatoms. The summed E-state index contributed by atoms with van der Waals surface area (Å²) < 4.78 is 82.6. The molecule has 8 nitrogen and oxygen atoms in total. The molecule has 1 amide bonds. The molecular weight excluding hydrogens is 560 g/mol. The van der Waals surface area contributed by atoms with Crippen molar-refractivity contribution in [2.45, 2.75) is 19.5 Å². The lowest BCUT2D eigenvalue weighted by atomic mass is 10.1. The highest BCUT2D eigenvalue weighted by atomic mass is 35.5. The maximum absolute atomic E-state index is 13.2. The van der Waals surface area contributed by atoms with E-state index in [0.717, 1.165) is 17.6 Å². The van der Waals surface area contributed by atoms with E-state index in [0.29, 0.717) is 10.4 Å². The number of nitrogens with one attached hydrogen (secondary N) is 2. The first-order chi connectivity index (χ1) is 17.2. The van der Waals surface area contributed by atoms with Crippen LogP contribution in [0.5, 0.6) is 5.75 Å². The van der Waals surface area contributed by atoms with Crippen LogP contribution in [-0.2, 0) is 10.0 Å². The van der Waals surface area contributed by atoms with Gasteiger partial charge in [0.2, 0.25) is 10.0 Å². The largest absolute Gasteiger partial charge is 0.432 e. The third-order valence-electron chi connectivity index (χ3n) is 5.12. The Morgan fingerprint density at radius 3 is 2.49 bits per heavy atom. The Hall–Kier alpha value is -3.10. The molecule has 1 aliphatic heterocycles. The van der Waals surface area contributed by atoms with Gasteiger partial charge in [0, 0.05) is 27.2 Å². The van der Waals surface area contributed by atoms with Crippen molar-refractivity contribution in [3.63, 3.8) is 0 Å². The first kappa shape index (κ1) is 26.9. The second-order valence-electron chi connectivity index (χ2n) is 8.27. The van der Waals surface area contributed by atoms with E-state index in [2.05, 4.69) is 19.8 Å².